The number of aromatic nitrogens is 3. The number of nitrogens with zero attached hydrogens (tertiary/aromatic N) is 5. The van der Waals surface area contributed by atoms with E-state index >= 15 is 0 Å². The average molecular weight is 484 g/mol. The number of rotatable bonds is 3. The molecule has 4 heterocycles. The van der Waals surface area contributed by atoms with Crippen LogP contribution in [0.4, 0.5) is 24.8 Å². The van der Waals surface area contributed by atoms with Crippen LogP contribution < -0.4 is 16.4 Å². The maximum Gasteiger partial charge on any atom is 0.418 e. The molecule has 9 nitrogen and oxygen atoms in total. The zero-order chi connectivity index (χ0) is 24.6. The second-order valence-corrected chi connectivity index (χ2v) is 8.34. The fourth-order valence-corrected chi connectivity index (χ4v) is 4.14. The van der Waals surface area contributed by atoms with E-state index in [0.29, 0.717) is 54.5 Å². The third kappa shape index (κ3) is 4.69. The van der Waals surface area contributed by atoms with Gasteiger partial charge in [-0.1, -0.05) is 12.1 Å². The molecule has 1 aromatic carbocycles. The van der Waals surface area contributed by atoms with E-state index in [1.807, 2.05) is 6.08 Å². The van der Waals surface area contributed by atoms with Crippen molar-refractivity contribution in [3.8, 4) is 0 Å². The molecule has 2 aromatic heterocycles. The minimum Gasteiger partial charge on any atom is -0.378 e. The molecule has 0 spiro atoms. The fourth-order valence-electron chi connectivity index (χ4n) is 4.14. The van der Waals surface area contributed by atoms with E-state index in [-0.39, 0.29) is 11.5 Å². The van der Waals surface area contributed by atoms with Crippen LogP contribution >= 0.6 is 0 Å². The number of pyridine rings is 1. The number of ether oxygens (including phenoxy) is 1. The normalized spacial score (nSPS) is 20.7. The number of hydrogen-bond acceptors (Lipinski definition) is 9. The topological polar surface area (TPSA) is 114 Å². The Morgan fingerprint density at radius 1 is 1.11 bits per heavy atom. The summed E-state index contributed by atoms with van der Waals surface area (Å²) in [6, 6.07) is 5.62. The largest absolute Gasteiger partial charge is 0.418 e. The van der Waals surface area contributed by atoms with Crippen LogP contribution in [0.1, 0.15) is 18.1 Å². The van der Waals surface area contributed by atoms with E-state index in [0.717, 1.165) is 6.07 Å². The van der Waals surface area contributed by atoms with Crippen molar-refractivity contribution in [3.05, 3.63) is 60.1 Å². The summed E-state index contributed by atoms with van der Waals surface area (Å²) in [5.41, 5.74) is 6.54. The fraction of sp³-hybridized carbons (Fsp3) is 0.304. The first-order chi connectivity index (χ1) is 16.7. The van der Waals surface area contributed by atoms with Gasteiger partial charge in [0.15, 0.2) is 0 Å². The van der Waals surface area contributed by atoms with Crippen LogP contribution in [0, 0.1) is 0 Å². The van der Waals surface area contributed by atoms with Crippen LogP contribution in [-0.4, -0.2) is 57.8 Å². The van der Waals surface area contributed by atoms with Gasteiger partial charge >= 0.3 is 6.18 Å². The summed E-state index contributed by atoms with van der Waals surface area (Å²) in [4.78, 5) is 19.1. The van der Waals surface area contributed by atoms with Crippen molar-refractivity contribution in [3.63, 3.8) is 0 Å². The molecule has 35 heavy (non-hydrogen) atoms. The van der Waals surface area contributed by atoms with E-state index in [1.54, 1.807) is 31.5 Å². The molecule has 0 bridgehead atoms. The van der Waals surface area contributed by atoms with Crippen LogP contribution in [0.15, 0.2) is 53.9 Å². The first-order valence-corrected chi connectivity index (χ1v) is 11.0. The Kier molecular flexibility index (Phi) is 5.67. The number of nitrogens with one attached hydrogen (secondary N) is 2. The highest BCUT2D eigenvalue weighted by Crippen LogP contribution is 2.36. The standard InChI is InChI=1S/C23H23F3N8O/c1-22(31-17-5-6-28-20-15(17)3-2-4-16(20)23(24,25)26)32-18(14-12-29-21(27)30-13-14)11-19(33-22)34-7-9-35-10-8-34/h2-6,11-13,32H,7-10H2,1H3,(H,28,31)(H2,27,29,30). The van der Waals surface area contributed by atoms with Gasteiger partial charge in [0.1, 0.15) is 5.84 Å². The molecule has 2 aliphatic heterocycles. The van der Waals surface area contributed by atoms with Crippen molar-refractivity contribution in [2.75, 3.05) is 37.4 Å². The van der Waals surface area contributed by atoms with Crippen LogP contribution in [0.25, 0.3) is 16.6 Å². The number of nitrogens with two attached hydrogens (primary N) is 1. The molecule has 0 saturated carbocycles. The monoisotopic (exact) mass is 484 g/mol. The summed E-state index contributed by atoms with van der Waals surface area (Å²) in [5, 5.41) is 6.96. The Balaban J connectivity index is 1.55. The van der Waals surface area contributed by atoms with Crippen LogP contribution in [0.5, 0.6) is 0 Å². The third-order valence-electron chi connectivity index (χ3n) is 5.76. The molecule has 1 fully saturated rings. The summed E-state index contributed by atoms with van der Waals surface area (Å²) < 4.78 is 46.2. The first kappa shape index (κ1) is 22.8. The second-order valence-electron chi connectivity index (χ2n) is 8.34. The van der Waals surface area contributed by atoms with Gasteiger partial charge < -0.3 is 26.0 Å². The number of aliphatic imine (C=N–C) groups is 1. The van der Waals surface area contributed by atoms with Crippen molar-refractivity contribution < 1.29 is 17.9 Å². The van der Waals surface area contributed by atoms with Crippen molar-refractivity contribution in [2.24, 2.45) is 4.99 Å². The summed E-state index contributed by atoms with van der Waals surface area (Å²) >= 11 is 0. The van der Waals surface area contributed by atoms with Gasteiger partial charge in [0, 0.05) is 54.4 Å². The van der Waals surface area contributed by atoms with E-state index in [1.165, 1.54) is 12.3 Å². The quantitative estimate of drug-likeness (QED) is 0.520. The van der Waals surface area contributed by atoms with Gasteiger partial charge in [-0.15, -0.1) is 0 Å². The molecule has 3 aromatic rings. The lowest BCUT2D eigenvalue weighted by molar-refractivity contribution is -0.136. The lowest BCUT2D eigenvalue weighted by Gasteiger charge is -2.38. The number of amidine groups is 1. The smallest absolute Gasteiger partial charge is 0.378 e. The molecular weight excluding hydrogens is 461 g/mol. The summed E-state index contributed by atoms with van der Waals surface area (Å²) in [7, 11) is 0. The predicted molar refractivity (Wildman–Crippen MR) is 126 cm³/mol. The van der Waals surface area contributed by atoms with Crippen LogP contribution in [0.2, 0.25) is 0 Å². The summed E-state index contributed by atoms with van der Waals surface area (Å²) in [6.45, 7) is 4.26. The van der Waals surface area contributed by atoms with Crippen molar-refractivity contribution >= 4 is 34.1 Å². The first-order valence-electron chi connectivity index (χ1n) is 11.0. The number of para-hydroxylation sites is 1. The zero-order valence-corrected chi connectivity index (χ0v) is 18.8. The summed E-state index contributed by atoms with van der Waals surface area (Å²) in [6.07, 6.45) is 1.91. The molecule has 1 saturated heterocycles. The number of benzene rings is 1. The average Bonchev–Trinajstić information content (AvgIpc) is 2.84. The Bertz CT molecular complexity index is 1300. The molecule has 1 atom stereocenters. The molecule has 0 aliphatic carbocycles. The highest BCUT2D eigenvalue weighted by atomic mass is 19.4. The maximum atomic E-state index is 13.6. The lowest BCUT2D eigenvalue weighted by atomic mass is 10.1. The molecule has 0 radical (unpaired) electrons. The molecule has 182 valence electrons. The van der Waals surface area contributed by atoms with Gasteiger partial charge in [0.05, 0.1) is 30.0 Å². The van der Waals surface area contributed by atoms with Crippen LogP contribution in [0.3, 0.4) is 0 Å². The Labute approximate surface area is 198 Å². The van der Waals surface area contributed by atoms with Crippen molar-refractivity contribution in [1.82, 2.24) is 25.2 Å². The SMILES string of the molecule is CC1(Nc2ccnc3c(C(F)(F)F)cccc23)N=C(N2CCOCC2)C=C(c2cnc(N)nc2)N1. The minimum atomic E-state index is -4.52. The molecule has 2 aliphatic rings. The van der Waals surface area contributed by atoms with Gasteiger partial charge in [-0.2, -0.15) is 13.2 Å². The number of hydrogen-bond donors (Lipinski definition) is 3. The molecule has 4 N–H and O–H groups in total. The van der Waals surface area contributed by atoms with E-state index in [9.17, 15) is 13.2 Å². The van der Waals surface area contributed by atoms with Gasteiger partial charge in [-0.25, -0.2) is 15.0 Å². The predicted octanol–water partition coefficient (Wildman–Crippen LogP) is 3.09. The Morgan fingerprint density at radius 2 is 1.86 bits per heavy atom. The highest BCUT2D eigenvalue weighted by Gasteiger charge is 2.35. The van der Waals surface area contributed by atoms with Gasteiger partial charge in [-0.05, 0) is 19.1 Å². The number of alkyl halides is 3. The highest BCUT2D eigenvalue weighted by molar-refractivity contribution is 6.01. The Hall–Kier alpha value is -3.93. The summed E-state index contributed by atoms with van der Waals surface area (Å²) in [5.74, 6) is -0.262. The molecule has 1 unspecified atom stereocenters. The van der Waals surface area contributed by atoms with E-state index in [4.69, 9.17) is 15.5 Å². The van der Waals surface area contributed by atoms with Crippen molar-refractivity contribution in [2.45, 2.75) is 18.9 Å². The third-order valence-corrected chi connectivity index (χ3v) is 5.76. The molecule has 5 rings (SSSR count). The van der Waals surface area contributed by atoms with Gasteiger partial charge in [0.2, 0.25) is 11.7 Å². The van der Waals surface area contributed by atoms with Gasteiger partial charge in [-0.3, -0.25) is 4.98 Å². The number of halogens is 3. The maximum absolute atomic E-state index is 13.6. The molecule has 0 amide bonds. The van der Waals surface area contributed by atoms with Crippen molar-refractivity contribution in [1.29, 1.82) is 0 Å². The second kappa shape index (κ2) is 8.69. The lowest BCUT2D eigenvalue weighted by Crippen LogP contribution is -2.52. The van der Waals surface area contributed by atoms with E-state index in [2.05, 4.69) is 30.5 Å². The van der Waals surface area contributed by atoms with Crippen LogP contribution in [-0.2, 0) is 10.9 Å². The Morgan fingerprint density at radius 3 is 2.57 bits per heavy atom. The zero-order valence-electron chi connectivity index (χ0n) is 18.8. The van der Waals surface area contributed by atoms with Gasteiger partial charge in [0.25, 0.3) is 0 Å². The number of fused-ring (bicyclic) bond motifs is 1. The number of anilines is 2. The molecule has 12 heteroatoms. The number of nitrogen functional groups attached to an aromatic ring is 1. The molecular formula is C23H23F3N8O. The number of morpholine rings is 1. The minimum absolute atomic E-state index is 0.135. The van der Waals surface area contributed by atoms with E-state index < -0.39 is 17.5 Å².